The first-order valence-electron chi connectivity index (χ1n) is 5.80. The third kappa shape index (κ3) is 1.42. The van der Waals surface area contributed by atoms with Gasteiger partial charge in [0.05, 0.1) is 5.70 Å². The largest absolute Gasteiger partial charge is 0.360 e. The van der Waals surface area contributed by atoms with Crippen LogP contribution in [0.25, 0.3) is 0 Å². The van der Waals surface area contributed by atoms with E-state index in [1.54, 1.807) is 0 Å². The second-order valence-corrected chi connectivity index (χ2v) is 4.37. The Bertz CT molecular complexity index is 445. The molecule has 1 atom stereocenters. The number of allylic oxidation sites excluding steroid dienone is 3. The molecule has 2 heteroatoms. The first kappa shape index (κ1) is 9.52. The summed E-state index contributed by atoms with van der Waals surface area (Å²) < 4.78 is 0. The highest BCUT2D eigenvalue weighted by atomic mass is 15.3. The van der Waals surface area contributed by atoms with Gasteiger partial charge in [-0.25, -0.2) is 0 Å². The van der Waals surface area contributed by atoms with Gasteiger partial charge in [0.1, 0.15) is 6.17 Å². The maximum absolute atomic E-state index is 3.58. The van der Waals surface area contributed by atoms with E-state index in [4.69, 9.17) is 0 Å². The highest BCUT2D eigenvalue weighted by molar-refractivity contribution is 5.35. The van der Waals surface area contributed by atoms with Crippen LogP contribution in [0.5, 0.6) is 0 Å². The average molecular weight is 212 g/mol. The molecule has 1 heterocycles. The third-order valence-electron chi connectivity index (χ3n) is 3.36. The molecule has 0 amide bonds. The van der Waals surface area contributed by atoms with Crippen LogP contribution in [0.4, 0.5) is 0 Å². The summed E-state index contributed by atoms with van der Waals surface area (Å²) in [5.41, 5.74) is 4.06. The fourth-order valence-corrected chi connectivity index (χ4v) is 2.49. The molecule has 0 saturated carbocycles. The average Bonchev–Trinajstić information content (AvgIpc) is 2.69. The summed E-state index contributed by atoms with van der Waals surface area (Å²) in [7, 11) is 2.17. The Morgan fingerprint density at radius 1 is 1.25 bits per heavy atom. The number of hydrogen-bond acceptors (Lipinski definition) is 2. The molecule has 0 bridgehead atoms. The van der Waals surface area contributed by atoms with E-state index in [1.807, 2.05) is 0 Å². The standard InChI is InChI=1S/C14H16N2/c1-16-13-10-6-5-9-12(13)15-14(16)11-7-3-2-4-8-11/h2-5,7-9,14-15H,6,10H2,1H3. The molecule has 0 fully saturated rings. The maximum Gasteiger partial charge on any atom is 0.125 e. The molecule has 1 aliphatic heterocycles. The lowest BCUT2D eigenvalue weighted by Crippen LogP contribution is -2.25. The molecule has 1 unspecified atom stereocenters. The van der Waals surface area contributed by atoms with Gasteiger partial charge in [-0.3, -0.25) is 0 Å². The molecule has 1 aromatic carbocycles. The Balaban J connectivity index is 1.90. The second-order valence-electron chi connectivity index (χ2n) is 4.37. The highest BCUT2D eigenvalue weighted by Crippen LogP contribution is 2.33. The molecule has 2 nitrogen and oxygen atoms in total. The Labute approximate surface area is 96.3 Å². The van der Waals surface area contributed by atoms with Crippen LogP contribution >= 0.6 is 0 Å². The molecule has 0 saturated heterocycles. The van der Waals surface area contributed by atoms with Gasteiger partial charge in [0.15, 0.2) is 0 Å². The molecule has 1 N–H and O–H groups in total. The van der Waals surface area contributed by atoms with Crippen LogP contribution in [0, 0.1) is 0 Å². The Morgan fingerprint density at radius 2 is 2.06 bits per heavy atom. The van der Waals surface area contributed by atoms with Gasteiger partial charge >= 0.3 is 0 Å². The van der Waals surface area contributed by atoms with Gasteiger partial charge in [0.2, 0.25) is 0 Å². The van der Waals surface area contributed by atoms with Crippen molar-refractivity contribution in [3.05, 3.63) is 59.4 Å². The lowest BCUT2D eigenvalue weighted by molar-refractivity contribution is 0.310. The summed E-state index contributed by atoms with van der Waals surface area (Å²) >= 11 is 0. The smallest absolute Gasteiger partial charge is 0.125 e. The van der Waals surface area contributed by atoms with E-state index < -0.39 is 0 Å². The first-order valence-corrected chi connectivity index (χ1v) is 5.80. The van der Waals surface area contributed by atoms with Crippen LogP contribution in [-0.4, -0.2) is 11.9 Å². The number of benzene rings is 1. The van der Waals surface area contributed by atoms with E-state index in [9.17, 15) is 0 Å². The van der Waals surface area contributed by atoms with Gasteiger partial charge in [-0.2, -0.15) is 0 Å². The summed E-state index contributed by atoms with van der Waals surface area (Å²) in [5, 5.41) is 3.58. The quantitative estimate of drug-likeness (QED) is 0.770. The minimum atomic E-state index is 0.300. The summed E-state index contributed by atoms with van der Waals surface area (Å²) in [4.78, 5) is 2.36. The molecule has 82 valence electrons. The lowest BCUT2D eigenvalue weighted by atomic mass is 10.1. The summed E-state index contributed by atoms with van der Waals surface area (Å²) in [6, 6.07) is 10.6. The van der Waals surface area contributed by atoms with Crippen LogP contribution < -0.4 is 5.32 Å². The van der Waals surface area contributed by atoms with Crippen LogP contribution in [0.2, 0.25) is 0 Å². The van der Waals surface area contributed by atoms with Crippen molar-refractivity contribution in [2.45, 2.75) is 19.0 Å². The lowest BCUT2D eigenvalue weighted by Gasteiger charge is -2.25. The van der Waals surface area contributed by atoms with E-state index in [1.165, 1.54) is 17.0 Å². The van der Waals surface area contributed by atoms with Crippen molar-refractivity contribution in [1.82, 2.24) is 10.2 Å². The van der Waals surface area contributed by atoms with E-state index in [2.05, 4.69) is 59.7 Å². The molecule has 0 aromatic heterocycles. The zero-order chi connectivity index (χ0) is 11.0. The Morgan fingerprint density at radius 3 is 2.81 bits per heavy atom. The predicted molar refractivity (Wildman–Crippen MR) is 65.5 cm³/mol. The number of nitrogens with one attached hydrogen (secondary N) is 1. The van der Waals surface area contributed by atoms with Gasteiger partial charge < -0.3 is 10.2 Å². The molecular formula is C14H16N2. The van der Waals surface area contributed by atoms with Crippen LogP contribution in [-0.2, 0) is 0 Å². The van der Waals surface area contributed by atoms with E-state index in [-0.39, 0.29) is 0 Å². The zero-order valence-corrected chi connectivity index (χ0v) is 9.48. The SMILES string of the molecule is CN1C2=C(C=CCC2)NC1c1ccccc1. The zero-order valence-electron chi connectivity index (χ0n) is 9.48. The van der Waals surface area contributed by atoms with E-state index in [0.29, 0.717) is 6.17 Å². The van der Waals surface area contributed by atoms with Crippen molar-refractivity contribution < 1.29 is 0 Å². The van der Waals surface area contributed by atoms with Crippen LogP contribution in [0.1, 0.15) is 24.6 Å². The Kier molecular flexibility index (Phi) is 2.21. The van der Waals surface area contributed by atoms with Gasteiger partial charge in [0, 0.05) is 12.7 Å². The van der Waals surface area contributed by atoms with Gasteiger partial charge in [0.25, 0.3) is 0 Å². The van der Waals surface area contributed by atoms with Crippen molar-refractivity contribution in [2.24, 2.45) is 0 Å². The number of hydrogen-bond donors (Lipinski definition) is 1. The predicted octanol–water partition coefficient (Wildman–Crippen LogP) is 2.78. The molecular weight excluding hydrogens is 196 g/mol. The maximum atomic E-state index is 3.58. The van der Waals surface area contributed by atoms with E-state index in [0.717, 1.165) is 12.8 Å². The highest BCUT2D eigenvalue weighted by Gasteiger charge is 2.28. The van der Waals surface area contributed by atoms with Gasteiger partial charge in [-0.15, -0.1) is 0 Å². The second kappa shape index (κ2) is 3.71. The normalized spacial score (nSPS) is 23.3. The van der Waals surface area contributed by atoms with Gasteiger partial charge in [-0.1, -0.05) is 36.4 Å². The molecule has 0 radical (unpaired) electrons. The number of nitrogens with zero attached hydrogens (tertiary/aromatic N) is 1. The fourth-order valence-electron chi connectivity index (χ4n) is 2.49. The molecule has 3 rings (SSSR count). The molecule has 16 heavy (non-hydrogen) atoms. The first-order chi connectivity index (χ1) is 7.86. The molecule has 2 aliphatic rings. The van der Waals surface area contributed by atoms with Crippen molar-refractivity contribution >= 4 is 0 Å². The molecule has 0 spiro atoms. The molecule has 1 aromatic rings. The van der Waals surface area contributed by atoms with E-state index >= 15 is 0 Å². The summed E-state index contributed by atoms with van der Waals surface area (Å²) in [5.74, 6) is 0. The van der Waals surface area contributed by atoms with Crippen molar-refractivity contribution in [1.29, 1.82) is 0 Å². The number of rotatable bonds is 1. The summed E-state index contributed by atoms with van der Waals surface area (Å²) in [6.45, 7) is 0. The fraction of sp³-hybridized carbons (Fsp3) is 0.286. The van der Waals surface area contributed by atoms with Crippen LogP contribution in [0.3, 0.4) is 0 Å². The minimum Gasteiger partial charge on any atom is -0.360 e. The van der Waals surface area contributed by atoms with Crippen molar-refractivity contribution in [3.8, 4) is 0 Å². The Hall–Kier alpha value is -1.70. The van der Waals surface area contributed by atoms with Gasteiger partial charge in [-0.05, 0) is 24.5 Å². The molecule has 1 aliphatic carbocycles. The minimum absolute atomic E-state index is 0.300. The van der Waals surface area contributed by atoms with Crippen molar-refractivity contribution in [3.63, 3.8) is 0 Å². The van der Waals surface area contributed by atoms with Crippen molar-refractivity contribution in [2.75, 3.05) is 7.05 Å². The third-order valence-corrected chi connectivity index (χ3v) is 3.36. The summed E-state index contributed by atoms with van der Waals surface area (Å²) in [6.07, 6.45) is 7.06. The topological polar surface area (TPSA) is 15.3 Å². The monoisotopic (exact) mass is 212 g/mol. The van der Waals surface area contributed by atoms with Crippen LogP contribution in [0.15, 0.2) is 53.9 Å².